The van der Waals surface area contributed by atoms with E-state index in [-0.39, 0.29) is 23.0 Å². The first kappa shape index (κ1) is 24.5. The lowest BCUT2D eigenvalue weighted by Gasteiger charge is -2.24. The number of amides is 1. The van der Waals surface area contributed by atoms with Gasteiger partial charge in [-0.05, 0) is 49.4 Å². The third kappa shape index (κ3) is 4.00. The van der Waals surface area contributed by atoms with Crippen LogP contribution in [0.1, 0.15) is 61.4 Å². The second kappa shape index (κ2) is 9.05. The molecule has 0 radical (unpaired) electrons. The summed E-state index contributed by atoms with van der Waals surface area (Å²) in [4.78, 5) is 27.0. The van der Waals surface area contributed by atoms with E-state index in [1.807, 2.05) is 6.92 Å². The minimum atomic E-state index is -1.18. The number of benzene rings is 1. The number of nitrogens with two attached hydrogens (primary N) is 2. The number of carbonyl (C=O) groups is 1. The lowest BCUT2D eigenvalue weighted by molar-refractivity contribution is -0.119. The number of nitrogens with zero attached hydrogens (tertiary/aromatic N) is 4. The molecule has 3 aromatic rings. The Balaban J connectivity index is 1.57. The Morgan fingerprint density at radius 1 is 1.17 bits per heavy atom. The number of hydrogen-bond donors (Lipinski definition) is 4. The number of anilines is 2. The zero-order chi connectivity index (χ0) is 25.8. The summed E-state index contributed by atoms with van der Waals surface area (Å²) in [5.41, 5.74) is 8.17. The molecule has 36 heavy (non-hydrogen) atoms. The van der Waals surface area contributed by atoms with Crippen LogP contribution in [0.4, 0.5) is 11.6 Å². The molecule has 2 aromatic heterocycles. The van der Waals surface area contributed by atoms with Crippen molar-refractivity contribution in [2.75, 3.05) is 16.9 Å². The van der Waals surface area contributed by atoms with E-state index in [9.17, 15) is 4.79 Å². The van der Waals surface area contributed by atoms with Gasteiger partial charge in [0.25, 0.3) is 0 Å². The molecule has 3 heterocycles. The van der Waals surface area contributed by atoms with Crippen LogP contribution >= 0.6 is 23.2 Å². The van der Waals surface area contributed by atoms with E-state index in [2.05, 4.69) is 15.3 Å². The molecule has 6 N–H and O–H groups in total. The van der Waals surface area contributed by atoms with Crippen molar-refractivity contribution in [3.63, 3.8) is 0 Å². The molecule has 1 unspecified atom stereocenters. The summed E-state index contributed by atoms with van der Waals surface area (Å²) in [6, 6.07) is 3.43. The highest BCUT2D eigenvalue weighted by atomic mass is 35.5. The van der Waals surface area contributed by atoms with Gasteiger partial charge >= 0.3 is 0 Å². The van der Waals surface area contributed by atoms with E-state index in [0.717, 1.165) is 18.4 Å². The highest BCUT2D eigenvalue weighted by molar-refractivity contribution is 6.36. The van der Waals surface area contributed by atoms with Crippen molar-refractivity contribution in [3.8, 4) is 11.5 Å². The fraction of sp³-hybridized carbons (Fsp3) is 0.400. The zero-order valence-electron chi connectivity index (χ0n) is 20.2. The quantitative estimate of drug-likeness (QED) is 0.375. The van der Waals surface area contributed by atoms with Gasteiger partial charge in [-0.2, -0.15) is 0 Å². The Labute approximate surface area is 218 Å². The average Bonchev–Trinajstić information content (AvgIpc) is 3.11. The van der Waals surface area contributed by atoms with Crippen molar-refractivity contribution >= 4 is 40.7 Å². The Morgan fingerprint density at radius 3 is 2.50 bits per heavy atom. The largest absolute Gasteiger partial charge is 0.383 e. The second-order valence-corrected chi connectivity index (χ2v) is 10.7. The third-order valence-corrected chi connectivity index (χ3v) is 8.25. The highest BCUT2D eigenvalue weighted by Gasteiger charge is 2.48. The highest BCUT2D eigenvalue weighted by Crippen LogP contribution is 2.46. The maximum Gasteiger partial charge on any atom is 0.240 e. The molecule has 0 bridgehead atoms. The molecule has 188 valence electrons. The predicted octanol–water partition coefficient (Wildman–Crippen LogP) is 4.11. The van der Waals surface area contributed by atoms with E-state index < -0.39 is 5.41 Å². The molecule has 5 rings (SSSR count). The molecular formula is C25H28Cl2N8O. The molecule has 9 nitrogen and oxygen atoms in total. The van der Waals surface area contributed by atoms with Gasteiger partial charge in [-0.25, -0.2) is 19.6 Å². The van der Waals surface area contributed by atoms with Crippen LogP contribution in [-0.4, -0.2) is 25.5 Å². The summed E-state index contributed by atoms with van der Waals surface area (Å²) >= 11 is 12.8. The Bertz CT molecular complexity index is 1420. The van der Waals surface area contributed by atoms with Crippen LogP contribution in [0.25, 0.3) is 11.5 Å². The maximum absolute atomic E-state index is 13.3. The predicted molar refractivity (Wildman–Crippen MR) is 140 cm³/mol. The van der Waals surface area contributed by atoms with Crippen LogP contribution in [0.3, 0.4) is 0 Å². The van der Waals surface area contributed by atoms with Crippen molar-refractivity contribution in [3.05, 3.63) is 56.2 Å². The molecule has 1 atom stereocenters. The summed E-state index contributed by atoms with van der Waals surface area (Å²) in [5, 5.41) is 12.1. The van der Waals surface area contributed by atoms with Crippen LogP contribution in [0.5, 0.6) is 0 Å². The molecule has 1 fully saturated rings. The molecule has 2 aliphatic rings. The van der Waals surface area contributed by atoms with Gasteiger partial charge in [0, 0.05) is 10.0 Å². The van der Waals surface area contributed by atoms with Crippen LogP contribution in [0.15, 0.2) is 18.3 Å². The first-order chi connectivity index (χ1) is 17.1. The van der Waals surface area contributed by atoms with E-state index in [4.69, 9.17) is 45.2 Å². The molecule has 0 spiro atoms. The normalized spacial score (nSPS) is 19.8. The molecule has 1 aliphatic carbocycles. The van der Waals surface area contributed by atoms with E-state index in [0.29, 0.717) is 50.7 Å². The molecule has 11 heteroatoms. The first-order valence-electron chi connectivity index (χ1n) is 12.0. The summed E-state index contributed by atoms with van der Waals surface area (Å²) in [6.45, 7) is 3.55. The Morgan fingerprint density at radius 2 is 1.83 bits per heavy atom. The van der Waals surface area contributed by atoms with Crippen molar-refractivity contribution in [1.82, 2.24) is 19.6 Å². The van der Waals surface area contributed by atoms with Gasteiger partial charge < -0.3 is 16.9 Å². The smallest absolute Gasteiger partial charge is 0.240 e. The number of nitrogens with one attached hydrogen (secondary N) is 2. The minimum absolute atomic E-state index is 0.137. The Hall–Kier alpha value is -3.17. The van der Waals surface area contributed by atoms with Gasteiger partial charge in [0.05, 0.1) is 17.5 Å². The number of carbonyl (C=O) groups excluding carboxylic acids is 1. The Kier molecular flexibility index (Phi) is 6.16. The lowest BCUT2D eigenvalue weighted by atomic mass is 9.77. The van der Waals surface area contributed by atoms with Crippen molar-refractivity contribution in [1.29, 1.82) is 5.41 Å². The van der Waals surface area contributed by atoms with Gasteiger partial charge in [0.15, 0.2) is 11.3 Å². The molecule has 0 saturated heterocycles. The third-order valence-electron chi connectivity index (χ3n) is 7.47. The molecule has 1 aliphatic heterocycles. The number of rotatable bonds is 4. The van der Waals surface area contributed by atoms with E-state index >= 15 is 0 Å². The van der Waals surface area contributed by atoms with Gasteiger partial charge in [0.2, 0.25) is 5.91 Å². The number of hydrogen-bond acceptors (Lipinski definition) is 7. The van der Waals surface area contributed by atoms with Gasteiger partial charge in [-0.3, -0.25) is 10.2 Å². The zero-order valence-corrected chi connectivity index (χ0v) is 21.7. The topological polar surface area (TPSA) is 149 Å². The SMILES string of the molecule is Cc1c(Cl)cc(C2(C)C(=O)Nc3nc(-c4cn(N)c(=N)c(CC5CCCCC5)n4)nc(N)c32)cc1Cl. The summed E-state index contributed by atoms with van der Waals surface area (Å²) in [6.07, 6.45) is 8.06. The van der Waals surface area contributed by atoms with Gasteiger partial charge in [-0.1, -0.05) is 55.3 Å². The monoisotopic (exact) mass is 526 g/mol. The number of fused-ring (bicyclic) bond motifs is 1. The van der Waals surface area contributed by atoms with Crippen LogP contribution in [0, 0.1) is 18.3 Å². The first-order valence-corrected chi connectivity index (χ1v) is 12.7. The van der Waals surface area contributed by atoms with Gasteiger partial charge in [0.1, 0.15) is 22.7 Å². The number of nitrogen functional groups attached to an aromatic ring is 2. The standard InChI is InChI=1S/C25H28Cl2N8O/c1-12-15(26)9-14(10-16(12)27)25(2)19-20(28)32-22(33-23(19)34-24(25)36)18-11-35(30)21(29)17(31-18)8-13-6-4-3-5-7-13/h9-11,13,29H,3-8,30H2,1-2H3,(H3,28,32,33,34,36). The van der Waals surface area contributed by atoms with Crippen LogP contribution < -0.4 is 22.4 Å². The summed E-state index contributed by atoms with van der Waals surface area (Å²) in [5.74, 6) is 6.93. The summed E-state index contributed by atoms with van der Waals surface area (Å²) < 4.78 is 1.23. The maximum atomic E-state index is 13.3. The summed E-state index contributed by atoms with van der Waals surface area (Å²) in [7, 11) is 0. The van der Waals surface area contributed by atoms with Crippen molar-refractivity contribution in [2.45, 2.75) is 57.8 Å². The fourth-order valence-corrected chi connectivity index (χ4v) is 5.71. The van der Waals surface area contributed by atoms with Crippen LogP contribution in [0.2, 0.25) is 10.0 Å². The van der Waals surface area contributed by atoms with Gasteiger partial charge in [-0.15, -0.1) is 0 Å². The molecule has 1 saturated carbocycles. The van der Waals surface area contributed by atoms with E-state index in [1.54, 1.807) is 19.1 Å². The fourth-order valence-electron chi connectivity index (χ4n) is 5.22. The van der Waals surface area contributed by atoms with Crippen molar-refractivity contribution in [2.24, 2.45) is 5.92 Å². The van der Waals surface area contributed by atoms with E-state index in [1.165, 1.54) is 30.1 Å². The average molecular weight is 527 g/mol. The molecular weight excluding hydrogens is 499 g/mol. The minimum Gasteiger partial charge on any atom is -0.383 e. The lowest BCUT2D eigenvalue weighted by Crippen LogP contribution is -2.33. The number of aromatic nitrogens is 4. The van der Waals surface area contributed by atoms with Crippen LogP contribution in [-0.2, 0) is 16.6 Å². The molecule has 1 amide bonds. The number of halogens is 2. The molecule has 1 aromatic carbocycles. The second-order valence-electron chi connectivity index (χ2n) is 9.84. The van der Waals surface area contributed by atoms with Crippen molar-refractivity contribution < 1.29 is 4.79 Å².